The largest absolute Gasteiger partial charge is 0.369 e. The number of para-hydroxylation sites is 1. The van der Waals surface area contributed by atoms with Crippen molar-refractivity contribution in [3.63, 3.8) is 0 Å². The highest BCUT2D eigenvalue weighted by atomic mass is 35.5. The van der Waals surface area contributed by atoms with Gasteiger partial charge in [-0.1, -0.05) is 47.1 Å². The maximum Gasteiger partial charge on any atom is 0.266 e. The Labute approximate surface area is 204 Å². The van der Waals surface area contributed by atoms with Gasteiger partial charge in [0.15, 0.2) is 5.16 Å². The van der Waals surface area contributed by atoms with E-state index in [9.17, 15) is 14.4 Å². The van der Waals surface area contributed by atoms with Gasteiger partial charge in [0.05, 0.1) is 26.9 Å². The van der Waals surface area contributed by atoms with Crippen LogP contribution in [0.5, 0.6) is 0 Å². The Bertz CT molecular complexity index is 1290. The van der Waals surface area contributed by atoms with E-state index in [1.165, 1.54) is 16.3 Å². The predicted molar refractivity (Wildman–Crippen MR) is 131 cm³/mol. The maximum atomic E-state index is 13.4. The summed E-state index contributed by atoms with van der Waals surface area (Å²) in [6.07, 6.45) is 1.11. The zero-order chi connectivity index (χ0) is 23.7. The number of amides is 2. The second-order valence-electron chi connectivity index (χ2n) is 7.91. The summed E-state index contributed by atoms with van der Waals surface area (Å²) in [5.74, 6) is -0.607. The summed E-state index contributed by atoms with van der Waals surface area (Å²) >= 11 is 13.7. The molecule has 3 aromatic rings. The van der Waals surface area contributed by atoms with Crippen LogP contribution in [0.15, 0.2) is 52.4 Å². The summed E-state index contributed by atoms with van der Waals surface area (Å²) in [5.41, 5.74) is 6.09. The van der Waals surface area contributed by atoms with Crippen LogP contribution in [-0.4, -0.2) is 44.6 Å². The lowest BCUT2D eigenvalue weighted by Gasteiger charge is -2.32. The van der Waals surface area contributed by atoms with Crippen molar-refractivity contribution >= 4 is 57.7 Å². The van der Waals surface area contributed by atoms with Gasteiger partial charge in [-0.25, -0.2) is 4.98 Å². The molecule has 1 aliphatic heterocycles. The highest BCUT2D eigenvalue weighted by Gasteiger charge is 2.30. The summed E-state index contributed by atoms with van der Waals surface area (Å²) in [6, 6.07) is 11.9. The molecular formula is C23H22Cl2N4O3S. The van der Waals surface area contributed by atoms with E-state index in [2.05, 4.69) is 4.98 Å². The highest BCUT2D eigenvalue weighted by molar-refractivity contribution is 8.00. The molecule has 1 unspecified atom stereocenters. The highest BCUT2D eigenvalue weighted by Crippen LogP contribution is 2.31. The summed E-state index contributed by atoms with van der Waals surface area (Å²) in [7, 11) is 0. The lowest BCUT2D eigenvalue weighted by Crippen LogP contribution is -2.44. The van der Waals surface area contributed by atoms with Crippen LogP contribution < -0.4 is 11.3 Å². The number of thioether (sulfide) groups is 1. The lowest BCUT2D eigenvalue weighted by atomic mass is 9.96. The molecule has 1 aliphatic rings. The molecule has 1 aromatic heterocycles. The van der Waals surface area contributed by atoms with E-state index in [4.69, 9.17) is 28.9 Å². The smallest absolute Gasteiger partial charge is 0.266 e. The van der Waals surface area contributed by atoms with E-state index in [-0.39, 0.29) is 23.3 Å². The second-order valence-corrected chi connectivity index (χ2v) is 10.1. The first-order chi connectivity index (χ1) is 15.8. The first kappa shape index (κ1) is 23.6. The van der Waals surface area contributed by atoms with Crippen LogP contribution in [-0.2, 0) is 9.59 Å². The Kier molecular flexibility index (Phi) is 6.97. The molecule has 0 bridgehead atoms. The van der Waals surface area contributed by atoms with Gasteiger partial charge in [0, 0.05) is 24.0 Å². The maximum absolute atomic E-state index is 13.4. The predicted octanol–water partition coefficient (Wildman–Crippen LogP) is 3.90. The van der Waals surface area contributed by atoms with Crippen molar-refractivity contribution in [2.24, 2.45) is 11.7 Å². The number of piperidine rings is 1. The minimum absolute atomic E-state index is 0.0842. The summed E-state index contributed by atoms with van der Waals surface area (Å²) in [4.78, 5) is 44.4. The summed E-state index contributed by atoms with van der Waals surface area (Å²) in [6.45, 7) is 2.72. The average Bonchev–Trinajstić information content (AvgIpc) is 2.80. The Morgan fingerprint density at radius 1 is 1.15 bits per heavy atom. The van der Waals surface area contributed by atoms with Crippen molar-refractivity contribution in [2.45, 2.75) is 30.2 Å². The number of nitrogens with two attached hydrogens (primary N) is 1. The molecule has 0 spiro atoms. The van der Waals surface area contributed by atoms with Crippen molar-refractivity contribution in [2.75, 3.05) is 13.1 Å². The van der Waals surface area contributed by atoms with Crippen molar-refractivity contribution < 1.29 is 9.59 Å². The molecule has 1 saturated heterocycles. The van der Waals surface area contributed by atoms with Gasteiger partial charge in [-0.3, -0.25) is 19.0 Å². The van der Waals surface area contributed by atoms with Gasteiger partial charge in [0.25, 0.3) is 5.56 Å². The fourth-order valence-electron chi connectivity index (χ4n) is 3.92. The Morgan fingerprint density at radius 3 is 2.52 bits per heavy atom. The van der Waals surface area contributed by atoms with Crippen LogP contribution in [0.4, 0.5) is 0 Å². The van der Waals surface area contributed by atoms with Crippen molar-refractivity contribution in [3.8, 4) is 5.69 Å². The van der Waals surface area contributed by atoms with Crippen LogP contribution >= 0.6 is 35.0 Å². The quantitative estimate of drug-likeness (QED) is 0.419. The molecule has 7 nitrogen and oxygen atoms in total. The molecular weight excluding hydrogens is 483 g/mol. The summed E-state index contributed by atoms with van der Waals surface area (Å²) in [5, 5.41) is 1.04. The molecule has 2 amide bonds. The molecule has 0 saturated carbocycles. The van der Waals surface area contributed by atoms with E-state index in [1.54, 1.807) is 54.3 Å². The number of carbonyl (C=O) groups excluding carboxylic acids is 2. The van der Waals surface area contributed by atoms with Crippen molar-refractivity contribution in [1.29, 1.82) is 0 Å². The number of primary amides is 1. The van der Waals surface area contributed by atoms with Crippen LogP contribution in [0.1, 0.15) is 19.8 Å². The zero-order valence-electron chi connectivity index (χ0n) is 17.8. The number of hydrogen-bond donors (Lipinski definition) is 1. The standard InChI is InChI=1S/C23H22Cl2N4O3S/c1-13(21(31)28-10-8-14(9-11-28)20(26)30)33-23-27-18-5-3-2-4-16(18)22(32)29(23)19-7-6-15(24)12-17(19)25/h2-7,12-14H,8-11H2,1H3,(H2,26,30). The third-order valence-electron chi connectivity index (χ3n) is 5.73. The van der Waals surface area contributed by atoms with Gasteiger partial charge >= 0.3 is 0 Å². The molecule has 4 rings (SSSR count). The molecule has 2 heterocycles. The minimum Gasteiger partial charge on any atom is -0.369 e. The third-order valence-corrected chi connectivity index (χ3v) is 7.31. The number of carbonyl (C=O) groups is 2. The lowest BCUT2D eigenvalue weighted by molar-refractivity contribution is -0.134. The molecule has 1 fully saturated rings. The molecule has 2 N–H and O–H groups in total. The first-order valence-corrected chi connectivity index (χ1v) is 12.1. The molecule has 10 heteroatoms. The summed E-state index contributed by atoms with van der Waals surface area (Å²) < 4.78 is 1.43. The molecule has 0 radical (unpaired) electrons. The number of fused-ring (bicyclic) bond motifs is 1. The third kappa shape index (κ3) is 4.88. The Balaban J connectivity index is 1.69. The van der Waals surface area contributed by atoms with E-state index in [0.717, 1.165) is 0 Å². The number of likely N-dealkylation sites (tertiary alicyclic amines) is 1. The first-order valence-electron chi connectivity index (χ1n) is 10.5. The van der Waals surface area contributed by atoms with Crippen LogP contribution in [0.3, 0.4) is 0 Å². The number of rotatable bonds is 5. The fraction of sp³-hybridized carbons (Fsp3) is 0.304. The molecule has 172 valence electrons. The van der Waals surface area contributed by atoms with Gasteiger partial charge in [-0.05, 0) is 50.1 Å². The van der Waals surface area contributed by atoms with Crippen LogP contribution in [0, 0.1) is 5.92 Å². The SMILES string of the molecule is CC(Sc1nc2ccccc2c(=O)n1-c1ccc(Cl)cc1Cl)C(=O)N1CCC(C(N)=O)CC1. The van der Waals surface area contributed by atoms with E-state index in [1.807, 2.05) is 0 Å². The number of aromatic nitrogens is 2. The van der Waals surface area contributed by atoms with Crippen LogP contribution in [0.25, 0.3) is 16.6 Å². The molecule has 33 heavy (non-hydrogen) atoms. The fourth-order valence-corrected chi connectivity index (χ4v) is 5.41. The van der Waals surface area contributed by atoms with Crippen molar-refractivity contribution in [1.82, 2.24) is 14.5 Å². The molecule has 1 atom stereocenters. The van der Waals surface area contributed by atoms with Gasteiger partial charge in [-0.2, -0.15) is 0 Å². The zero-order valence-corrected chi connectivity index (χ0v) is 20.2. The second kappa shape index (κ2) is 9.75. The normalized spacial score (nSPS) is 15.5. The number of hydrogen-bond acceptors (Lipinski definition) is 5. The average molecular weight is 505 g/mol. The van der Waals surface area contributed by atoms with E-state index >= 15 is 0 Å². The van der Waals surface area contributed by atoms with Gasteiger partial charge in [0.2, 0.25) is 11.8 Å². The minimum atomic E-state index is -0.513. The van der Waals surface area contributed by atoms with Crippen LogP contribution in [0.2, 0.25) is 10.0 Å². The Morgan fingerprint density at radius 2 is 1.85 bits per heavy atom. The van der Waals surface area contributed by atoms with E-state index in [0.29, 0.717) is 57.7 Å². The molecule has 2 aromatic carbocycles. The molecule has 0 aliphatic carbocycles. The number of benzene rings is 2. The Hall–Kier alpha value is -2.55. The monoisotopic (exact) mass is 504 g/mol. The van der Waals surface area contributed by atoms with E-state index < -0.39 is 5.25 Å². The van der Waals surface area contributed by atoms with Crippen molar-refractivity contribution in [3.05, 3.63) is 62.9 Å². The topological polar surface area (TPSA) is 98.3 Å². The number of nitrogens with zero attached hydrogens (tertiary/aromatic N) is 3. The van der Waals surface area contributed by atoms with Gasteiger partial charge in [0.1, 0.15) is 0 Å². The van der Waals surface area contributed by atoms with Gasteiger partial charge < -0.3 is 10.6 Å². The van der Waals surface area contributed by atoms with Gasteiger partial charge in [-0.15, -0.1) is 0 Å². The number of halogens is 2.